The number of carbonyl (C=O) groups is 3. The zero-order chi connectivity index (χ0) is 20.8. The molecule has 0 radical (unpaired) electrons. The van der Waals surface area contributed by atoms with Gasteiger partial charge in [0.25, 0.3) is 0 Å². The number of carbonyl (C=O) groups excluding carboxylic acids is 3. The fourth-order valence-electron chi connectivity index (χ4n) is 4.13. The van der Waals surface area contributed by atoms with E-state index in [-0.39, 0.29) is 24.3 Å². The Morgan fingerprint density at radius 2 is 1.77 bits per heavy atom. The molecule has 2 aromatic carbocycles. The number of esters is 1. The Morgan fingerprint density at radius 3 is 2.53 bits per heavy atom. The lowest BCUT2D eigenvalue weighted by Gasteiger charge is -2.40. The van der Waals surface area contributed by atoms with Crippen molar-refractivity contribution < 1.29 is 19.1 Å². The van der Waals surface area contributed by atoms with Crippen LogP contribution in [0.2, 0.25) is 0 Å². The molecule has 2 aromatic rings. The predicted molar refractivity (Wildman–Crippen MR) is 112 cm³/mol. The Morgan fingerprint density at radius 1 is 1.03 bits per heavy atom. The summed E-state index contributed by atoms with van der Waals surface area (Å²) in [6, 6.07) is 10.3. The van der Waals surface area contributed by atoms with E-state index >= 15 is 0 Å². The maximum Gasteiger partial charge on any atom is 0.332 e. The molecule has 2 heterocycles. The van der Waals surface area contributed by atoms with Gasteiger partial charge in [-0.3, -0.25) is 9.59 Å². The van der Waals surface area contributed by atoms with Gasteiger partial charge in [0, 0.05) is 34.5 Å². The number of nitrogens with zero attached hydrogens (tertiary/aromatic N) is 1. The maximum atomic E-state index is 13.4. The highest BCUT2D eigenvalue weighted by atomic mass is 16.5. The van der Waals surface area contributed by atoms with Crippen LogP contribution < -0.4 is 5.32 Å². The van der Waals surface area contributed by atoms with Crippen molar-refractivity contribution in [3.05, 3.63) is 94.7 Å². The first-order chi connectivity index (χ1) is 14.6. The van der Waals surface area contributed by atoms with Crippen LogP contribution in [0.4, 0.5) is 5.69 Å². The molecule has 0 aromatic heterocycles. The van der Waals surface area contributed by atoms with Crippen LogP contribution in [0, 0.1) is 0 Å². The molecule has 6 nitrogen and oxygen atoms in total. The topological polar surface area (TPSA) is 75.7 Å². The molecule has 1 atom stereocenters. The van der Waals surface area contributed by atoms with Gasteiger partial charge >= 0.3 is 5.97 Å². The molecule has 148 valence electrons. The van der Waals surface area contributed by atoms with E-state index in [4.69, 9.17) is 4.74 Å². The summed E-state index contributed by atoms with van der Waals surface area (Å²) in [5.41, 5.74) is 3.33. The average molecular weight is 398 g/mol. The monoisotopic (exact) mass is 398 g/mol. The van der Waals surface area contributed by atoms with Crippen LogP contribution >= 0.6 is 0 Å². The number of nitrogens with one attached hydrogen (secondary N) is 1. The summed E-state index contributed by atoms with van der Waals surface area (Å²) in [5.74, 6) is -0.849. The summed E-state index contributed by atoms with van der Waals surface area (Å²) in [6.45, 7) is 2.01. The first-order valence-corrected chi connectivity index (χ1v) is 9.74. The van der Waals surface area contributed by atoms with Gasteiger partial charge in [-0.25, -0.2) is 4.79 Å². The standard InChI is InChI=1S/C24H18N2O4/c1-2-30-20(27)13-18-16-10-11-17-21(22(16)25-19-9-5-6-12-26(18)19)24(29)15-8-4-3-7-14(15)23(17)28/h3-13,19,25H,2H2,1H3/b18-13-. The third-order valence-corrected chi connectivity index (χ3v) is 5.43. The van der Waals surface area contributed by atoms with Gasteiger partial charge in [-0.15, -0.1) is 0 Å². The number of hydrogen-bond acceptors (Lipinski definition) is 6. The molecule has 1 unspecified atom stereocenters. The minimum absolute atomic E-state index is 0.178. The number of hydrogen-bond donors (Lipinski definition) is 1. The Bertz CT molecular complexity index is 1210. The van der Waals surface area contributed by atoms with Crippen molar-refractivity contribution >= 4 is 28.9 Å². The fraction of sp³-hybridized carbons (Fsp3) is 0.125. The van der Waals surface area contributed by atoms with E-state index in [1.165, 1.54) is 6.08 Å². The quantitative estimate of drug-likeness (QED) is 0.526. The number of rotatable bonds is 2. The molecule has 1 N–H and O–H groups in total. The summed E-state index contributed by atoms with van der Waals surface area (Å²) in [6.07, 6.45) is 8.66. The van der Waals surface area contributed by atoms with Gasteiger partial charge in [0.15, 0.2) is 11.6 Å². The number of ketones is 2. The van der Waals surface area contributed by atoms with Crippen LogP contribution in [0.3, 0.4) is 0 Å². The molecule has 0 spiro atoms. The lowest BCUT2D eigenvalue weighted by atomic mass is 9.81. The van der Waals surface area contributed by atoms with E-state index in [2.05, 4.69) is 5.32 Å². The predicted octanol–water partition coefficient (Wildman–Crippen LogP) is 3.50. The van der Waals surface area contributed by atoms with Crippen LogP contribution in [0.1, 0.15) is 44.3 Å². The van der Waals surface area contributed by atoms with E-state index in [1.54, 1.807) is 43.3 Å². The number of allylic oxidation sites excluding steroid dienone is 2. The molecular formula is C24H18N2O4. The largest absolute Gasteiger partial charge is 0.463 e. The van der Waals surface area contributed by atoms with Crippen molar-refractivity contribution in [2.75, 3.05) is 11.9 Å². The van der Waals surface area contributed by atoms with Gasteiger partial charge in [-0.05, 0) is 25.1 Å². The molecule has 0 saturated carbocycles. The minimum atomic E-state index is -0.465. The van der Waals surface area contributed by atoms with Gasteiger partial charge in [-0.1, -0.05) is 36.4 Å². The second-order valence-electron chi connectivity index (χ2n) is 7.12. The zero-order valence-electron chi connectivity index (χ0n) is 16.2. The molecule has 0 fully saturated rings. The van der Waals surface area contributed by atoms with Crippen LogP contribution in [0.25, 0.3) is 5.70 Å². The molecule has 3 aliphatic rings. The van der Waals surface area contributed by atoms with Crippen molar-refractivity contribution in [2.24, 2.45) is 0 Å². The Labute approximate surface area is 173 Å². The third kappa shape index (κ3) is 2.61. The zero-order valence-corrected chi connectivity index (χ0v) is 16.2. The fourth-order valence-corrected chi connectivity index (χ4v) is 4.13. The molecule has 5 rings (SSSR count). The van der Waals surface area contributed by atoms with E-state index in [1.807, 2.05) is 29.3 Å². The van der Waals surface area contributed by atoms with Gasteiger partial charge in [0.2, 0.25) is 0 Å². The molecule has 0 saturated heterocycles. The normalized spacial score (nSPS) is 19.6. The van der Waals surface area contributed by atoms with Gasteiger partial charge in [0.05, 0.1) is 23.6 Å². The Kier molecular flexibility index (Phi) is 4.13. The van der Waals surface area contributed by atoms with Crippen molar-refractivity contribution in [2.45, 2.75) is 13.1 Å². The second-order valence-corrected chi connectivity index (χ2v) is 7.12. The summed E-state index contributed by atoms with van der Waals surface area (Å²) in [4.78, 5) is 40.6. The number of anilines is 1. The number of fused-ring (bicyclic) bond motifs is 5. The highest BCUT2D eigenvalue weighted by Crippen LogP contribution is 2.42. The van der Waals surface area contributed by atoms with E-state index in [0.29, 0.717) is 39.2 Å². The number of ether oxygens (including phenoxy) is 1. The highest BCUT2D eigenvalue weighted by molar-refractivity contribution is 6.30. The summed E-state index contributed by atoms with van der Waals surface area (Å²) < 4.78 is 5.11. The molecule has 2 aliphatic heterocycles. The average Bonchev–Trinajstić information content (AvgIpc) is 2.77. The maximum absolute atomic E-state index is 13.4. The molecule has 6 heteroatoms. The van der Waals surface area contributed by atoms with Gasteiger partial charge in [0.1, 0.15) is 6.17 Å². The molecule has 30 heavy (non-hydrogen) atoms. The van der Waals surface area contributed by atoms with E-state index in [0.717, 1.165) is 0 Å². The van der Waals surface area contributed by atoms with E-state index < -0.39 is 5.97 Å². The lowest BCUT2D eigenvalue weighted by molar-refractivity contribution is -0.137. The van der Waals surface area contributed by atoms with Crippen molar-refractivity contribution in [3.8, 4) is 0 Å². The summed E-state index contributed by atoms with van der Waals surface area (Å²) >= 11 is 0. The van der Waals surface area contributed by atoms with Crippen LogP contribution in [-0.4, -0.2) is 35.2 Å². The van der Waals surface area contributed by atoms with Crippen LogP contribution in [-0.2, 0) is 9.53 Å². The van der Waals surface area contributed by atoms with Crippen molar-refractivity contribution in [1.82, 2.24) is 4.90 Å². The van der Waals surface area contributed by atoms with Crippen LogP contribution in [0.15, 0.2) is 66.9 Å². The SMILES string of the molecule is CCOC(=O)/C=C1/c2ccc3c(c2NC2C=CC=CN12)C(=O)c1ccccc1C3=O. The third-order valence-electron chi connectivity index (χ3n) is 5.43. The van der Waals surface area contributed by atoms with Crippen molar-refractivity contribution in [3.63, 3.8) is 0 Å². The molecule has 0 amide bonds. The first kappa shape index (κ1) is 18.1. The minimum Gasteiger partial charge on any atom is -0.463 e. The van der Waals surface area contributed by atoms with E-state index in [9.17, 15) is 14.4 Å². The highest BCUT2D eigenvalue weighted by Gasteiger charge is 2.37. The second kappa shape index (κ2) is 6.84. The first-order valence-electron chi connectivity index (χ1n) is 9.74. The summed E-state index contributed by atoms with van der Waals surface area (Å²) in [5, 5.41) is 3.37. The Hall–Kier alpha value is -3.93. The van der Waals surface area contributed by atoms with Gasteiger partial charge in [-0.2, -0.15) is 0 Å². The molecule has 0 bridgehead atoms. The smallest absolute Gasteiger partial charge is 0.332 e. The molecular weight excluding hydrogens is 380 g/mol. The molecule has 1 aliphatic carbocycles. The lowest BCUT2D eigenvalue weighted by Crippen LogP contribution is -2.41. The van der Waals surface area contributed by atoms with Crippen LogP contribution in [0.5, 0.6) is 0 Å². The van der Waals surface area contributed by atoms with Crippen molar-refractivity contribution in [1.29, 1.82) is 0 Å². The summed E-state index contributed by atoms with van der Waals surface area (Å²) in [7, 11) is 0. The Balaban J connectivity index is 1.73. The van der Waals surface area contributed by atoms with Gasteiger partial charge < -0.3 is 15.0 Å². The number of benzene rings is 2.